The lowest BCUT2D eigenvalue weighted by Gasteiger charge is -2.11. The Balaban J connectivity index is 1.66. The third-order valence-corrected chi connectivity index (χ3v) is 5.03. The molecule has 0 unspecified atom stereocenters. The van der Waals surface area contributed by atoms with Crippen molar-refractivity contribution in [1.29, 1.82) is 0 Å². The second-order valence-corrected chi connectivity index (χ2v) is 7.51. The summed E-state index contributed by atoms with van der Waals surface area (Å²) in [6.07, 6.45) is 1.86. The van der Waals surface area contributed by atoms with Gasteiger partial charge in [-0.25, -0.2) is 0 Å². The number of carbonyl (C=O) groups is 1. The Morgan fingerprint density at radius 2 is 1.81 bits per heavy atom. The zero-order chi connectivity index (χ0) is 18.8. The van der Waals surface area contributed by atoms with E-state index in [-0.39, 0.29) is 5.91 Å². The molecule has 27 heavy (non-hydrogen) atoms. The molecule has 4 rings (SSSR count). The first kappa shape index (κ1) is 17.8. The first-order valence-electron chi connectivity index (χ1n) is 8.39. The van der Waals surface area contributed by atoms with Crippen LogP contribution in [0.2, 0.25) is 5.02 Å². The van der Waals surface area contributed by atoms with Crippen LogP contribution < -0.4 is 10.1 Å². The van der Waals surface area contributed by atoms with E-state index < -0.39 is 0 Å². The Kier molecular flexibility index (Phi) is 5.01. The quantitative estimate of drug-likeness (QED) is 0.492. The summed E-state index contributed by atoms with van der Waals surface area (Å²) in [5.74, 6) is 0.595. The molecule has 3 aromatic carbocycles. The van der Waals surface area contributed by atoms with E-state index in [1.54, 1.807) is 0 Å². The number of hydrogen-bond donors (Lipinski definition) is 1. The Bertz CT molecular complexity index is 1040. The predicted octanol–water partition coefficient (Wildman–Crippen LogP) is 6.17. The van der Waals surface area contributed by atoms with E-state index in [0.717, 1.165) is 26.9 Å². The minimum Gasteiger partial charge on any atom is -0.488 e. The van der Waals surface area contributed by atoms with Gasteiger partial charge in [-0.15, -0.1) is 0 Å². The van der Waals surface area contributed by atoms with Crippen LogP contribution in [0.25, 0.3) is 11.6 Å². The summed E-state index contributed by atoms with van der Waals surface area (Å²) in [7, 11) is 0. The van der Waals surface area contributed by atoms with Crippen LogP contribution in [0.15, 0.2) is 71.2 Å². The van der Waals surface area contributed by atoms with Crippen molar-refractivity contribution in [1.82, 2.24) is 0 Å². The van der Waals surface area contributed by atoms with Crippen molar-refractivity contribution in [2.75, 3.05) is 5.32 Å². The van der Waals surface area contributed by atoms with Crippen LogP contribution in [0.5, 0.6) is 5.75 Å². The molecule has 1 N–H and O–H groups in total. The molecule has 5 heteroatoms. The highest BCUT2D eigenvalue weighted by molar-refractivity contribution is 9.10. The molecule has 3 aromatic rings. The van der Waals surface area contributed by atoms with Gasteiger partial charge in [0, 0.05) is 31.9 Å². The van der Waals surface area contributed by atoms with Crippen LogP contribution in [0.4, 0.5) is 5.69 Å². The van der Waals surface area contributed by atoms with Gasteiger partial charge in [0.25, 0.3) is 5.91 Å². The van der Waals surface area contributed by atoms with E-state index in [2.05, 4.69) is 21.2 Å². The summed E-state index contributed by atoms with van der Waals surface area (Å²) < 4.78 is 6.93. The van der Waals surface area contributed by atoms with E-state index in [1.807, 2.05) is 72.8 Å². The van der Waals surface area contributed by atoms with Crippen LogP contribution in [-0.2, 0) is 11.4 Å². The van der Waals surface area contributed by atoms with Crippen molar-refractivity contribution in [3.8, 4) is 5.75 Å². The van der Waals surface area contributed by atoms with E-state index in [0.29, 0.717) is 23.0 Å². The van der Waals surface area contributed by atoms with Gasteiger partial charge in [0.15, 0.2) is 0 Å². The Labute approximate surface area is 170 Å². The molecule has 0 aliphatic carbocycles. The highest BCUT2D eigenvalue weighted by Gasteiger charge is 2.23. The molecule has 0 aromatic heterocycles. The van der Waals surface area contributed by atoms with Gasteiger partial charge in [-0.2, -0.15) is 0 Å². The number of para-hydroxylation sites is 1. The van der Waals surface area contributed by atoms with Crippen molar-refractivity contribution in [3.63, 3.8) is 0 Å². The van der Waals surface area contributed by atoms with E-state index >= 15 is 0 Å². The number of benzene rings is 3. The molecule has 0 saturated carbocycles. The topological polar surface area (TPSA) is 38.3 Å². The molecule has 1 heterocycles. The van der Waals surface area contributed by atoms with Gasteiger partial charge < -0.3 is 10.1 Å². The van der Waals surface area contributed by atoms with Gasteiger partial charge >= 0.3 is 0 Å². The molecule has 0 fully saturated rings. The second kappa shape index (κ2) is 7.59. The molecule has 0 radical (unpaired) electrons. The Morgan fingerprint density at radius 3 is 2.63 bits per heavy atom. The van der Waals surface area contributed by atoms with Crippen molar-refractivity contribution in [2.45, 2.75) is 6.61 Å². The van der Waals surface area contributed by atoms with Gasteiger partial charge in [0.2, 0.25) is 0 Å². The number of hydrogen-bond acceptors (Lipinski definition) is 2. The van der Waals surface area contributed by atoms with Gasteiger partial charge in [-0.1, -0.05) is 57.9 Å². The van der Waals surface area contributed by atoms with Crippen molar-refractivity contribution in [3.05, 3.63) is 92.9 Å². The van der Waals surface area contributed by atoms with Crippen LogP contribution in [0.3, 0.4) is 0 Å². The van der Waals surface area contributed by atoms with Crippen LogP contribution in [0.1, 0.15) is 16.7 Å². The number of nitrogens with one attached hydrogen (secondary N) is 1. The molecule has 1 aliphatic heterocycles. The number of carbonyl (C=O) groups excluding carboxylic acids is 1. The van der Waals surface area contributed by atoms with Crippen LogP contribution >= 0.6 is 27.5 Å². The Morgan fingerprint density at radius 1 is 1.04 bits per heavy atom. The molecule has 1 amide bonds. The fourth-order valence-corrected chi connectivity index (χ4v) is 3.45. The number of rotatable bonds is 4. The smallest absolute Gasteiger partial charge is 0.256 e. The maximum Gasteiger partial charge on any atom is 0.256 e. The lowest BCUT2D eigenvalue weighted by molar-refractivity contribution is -0.110. The van der Waals surface area contributed by atoms with Gasteiger partial charge in [0.1, 0.15) is 12.4 Å². The van der Waals surface area contributed by atoms with E-state index in [4.69, 9.17) is 16.3 Å². The molecule has 134 valence electrons. The van der Waals surface area contributed by atoms with Gasteiger partial charge in [-0.3, -0.25) is 4.79 Å². The monoisotopic (exact) mass is 439 g/mol. The number of amides is 1. The second-order valence-electron chi connectivity index (χ2n) is 6.16. The molecule has 0 atom stereocenters. The zero-order valence-electron chi connectivity index (χ0n) is 14.2. The summed E-state index contributed by atoms with van der Waals surface area (Å²) in [5, 5.41) is 3.59. The molecule has 1 aliphatic rings. The van der Waals surface area contributed by atoms with Gasteiger partial charge in [-0.05, 0) is 48.0 Å². The maximum atomic E-state index is 12.4. The summed E-state index contributed by atoms with van der Waals surface area (Å²) >= 11 is 9.43. The Hall–Kier alpha value is -2.56. The SMILES string of the molecule is O=C1Nc2ccccc2/C1=C/c1cc(Br)ccc1OCc1ccc(Cl)cc1. The maximum absolute atomic E-state index is 12.4. The summed E-state index contributed by atoms with van der Waals surface area (Å²) in [6.45, 7) is 0.414. The largest absolute Gasteiger partial charge is 0.488 e. The lowest BCUT2D eigenvalue weighted by Crippen LogP contribution is -2.04. The summed E-state index contributed by atoms with van der Waals surface area (Å²) in [5.41, 5.74) is 4.20. The van der Waals surface area contributed by atoms with E-state index in [1.165, 1.54) is 0 Å². The third-order valence-electron chi connectivity index (χ3n) is 4.29. The van der Waals surface area contributed by atoms with Gasteiger partial charge in [0.05, 0.1) is 0 Å². The molecule has 3 nitrogen and oxygen atoms in total. The lowest BCUT2D eigenvalue weighted by atomic mass is 10.0. The molecule has 0 bridgehead atoms. The van der Waals surface area contributed by atoms with E-state index in [9.17, 15) is 4.79 Å². The first-order valence-corrected chi connectivity index (χ1v) is 9.56. The molecule has 0 spiro atoms. The number of fused-ring (bicyclic) bond motifs is 1. The normalized spacial score (nSPS) is 14.1. The number of anilines is 1. The average molecular weight is 441 g/mol. The molecular weight excluding hydrogens is 426 g/mol. The summed E-state index contributed by atoms with van der Waals surface area (Å²) in [4.78, 5) is 12.4. The standard InChI is InChI=1S/C22H15BrClNO2/c23-16-7-10-21(27-13-14-5-8-17(24)9-6-14)15(11-16)12-19-18-3-1-2-4-20(18)25-22(19)26/h1-12H,13H2,(H,25,26)/b19-12-. The summed E-state index contributed by atoms with van der Waals surface area (Å²) in [6, 6.07) is 21.0. The minimum atomic E-state index is -0.111. The number of halogens is 2. The first-order chi connectivity index (χ1) is 13.1. The predicted molar refractivity (Wildman–Crippen MR) is 113 cm³/mol. The van der Waals surface area contributed by atoms with Crippen molar-refractivity contribution >= 4 is 50.8 Å². The number of ether oxygens (including phenoxy) is 1. The average Bonchev–Trinajstić information content (AvgIpc) is 2.98. The molecular formula is C22H15BrClNO2. The highest BCUT2D eigenvalue weighted by atomic mass is 79.9. The minimum absolute atomic E-state index is 0.111. The fourth-order valence-electron chi connectivity index (χ4n) is 2.94. The van der Waals surface area contributed by atoms with Crippen molar-refractivity contribution < 1.29 is 9.53 Å². The van der Waals surface area contributed by atoms with Crippen LogP contribution in [-0.4, -0.2) is 5.91 Å². The fraction of sp³-hybridized carbons (Fsp3) is 0.0455. The zero-order valence-corrected chi connectivity index (χ0v) is 16.5. The highest BCUT2D eigenvalue weighted by Crippen LogP contribution is 2.35. The third kappa shape index (κ3) is 3.92. The van der Waals surface area contributed by atoms with Crippen LogP contribution in [0, 0.1) is 0 Å². The van der Waals surface area contributed by atoms with Crippen molar-refractivity contribution in [2.24, 2.45) is 0 Å². The molecule has 0 saturated heterocycles.